The molecular weight excluding hydrogens is 420 g/mol. The fourth-order valence-electron chi connectivity index (χ4n) is 4.37. The number of amides is 1. The van der Waals surface area contributed by atoms with Crippen LogP contribution in [0.1, 0.15) is 12.8 Å². The summed E-state index contributed by atoms with van der Waals surface area (Å²) in [5, 5.41) is 14.3. The van der Waals surface area contributed by atoms with E-state index < -0.39 is 0 Å². The average Bonchev–Trinajstić information content (AvgIpc) is 3.33. The van der Waals surface area contributed by atoms with Crippen LogP contribution in [0.25, 0.3) is 11.0 Å². The van der Waals surface area contributed by atoms with Gasteiger partial charge in [0.25, 0.3) is 0 Å². The van der Waals surface area contributed by atoms with Gasteiger partial charge in [0.1, 0.15) is 5.82 Å². The lowest BCUT2D eigenvalue weighted by Crippen LogP contribution is -2.47. The second kappa shape index (κ2) is 9.45. The summed E-state index contributed by atoms with van der Waals surface area (Å²) in [5.74, 6) is 1.15. The van der Waals surface area contributed by atoms with Crippen LogP contribution < -0.4 is 20.4 Å². The smallest absolute Gasteiger partial charge is 0.243 e. The van der Waals surface area contributed by atoms with E-state index in [1.54, 1.807) is 6.20 Å². The zero-order valence-corrected chi connectivity index (χ0v) is 18.5. The van der Waals surface area contributed by atoms with Crippen molar-refractivity contribution in [1.82, 2.24) is 25.5 Å². The van der Waals surface area contributed by atoms with Crippen molar-refractivity contribution in [3.8, 4) is 0 Å². The Morgan fingerprint density at radius 3 is 2.76 bits per heavy atom. The topological polar surface area (TPSA) is 111 Å². The maximum atomic E-state index is 11.8. The summed E-state index contributed by atoms with van der Waals surface area (Å²) in [6, 6.07) is 8.31. The van der Waals surface area contributed by atoms with E-state index in [-0.39, 0.29) is 11.9 Å². The maximum Gasteiger partial charge on any atom is 0.243 e. The van der Waals surface area contributed by atoms with Crippen LogP contribution in [0.3, 0.4) is 0 Å². The van der Waals surface area contributed by atoms with Crippen molar-refractivity contribution in [2.75, 3.05) is 54.5 Å². The molecule has 2 fully saturated rings. The monoisotopic (exact) mass is 448 g/mol. The molecular formula is C23H28N8O2. The number of carbonyl (C=O) groups is 1. The third kappa shape index (κ3) is 4.75. The van der Waals surface area contributed by atoms with Gasteiger partial charge < -0.3 is 25.2 Å². The highest BCUT2D eigenvalue weighted by Gasteiger charge is 2.24. The lowest BCUT2D eigenvalue weighted by molar-refractivity contribution is -0.117. The van der Waals surface area contributed by atoms with Crippen LogP contribution in [0.2, 0.25) is 0 Å². The molecule has 0 bridgehead atoms. The van der Waals surface area contributed by atoms with Crippen LogP contribution in [-0.2, 0) is 9.53 Å². The fraction of sp³-hybridized carbons (Fsp3) is 0.391. The molecule has 172 valence electrons. The Hall–Kier alpha value is -3.66. The van der Waals surface area contributed by atoms with Gasteiger partial charge in [-0.25, -0.2) is 0 Å². The van der Waals surface area contributed by atoms with Crippen molar-refractivity contribution >= 4 is 40.1 Å². The molecule has 1 aromatic carbocycles. The lowest BCUT2D eigenvalue weighted by Gasteiger charge is -2.34. The van der Waals surface area contributed by atoms with Crippen LogP contribution in [-0.4, -0.2) is 71.5 Å². The van der Waals surface area contributed by atoms with Crippen molar-refractivity contribution in [2.45, 2.75) is 18.9 Å². The number of morpholine rings is 1. The van der Waals surface area contributed by atoms with Gasteiger partial charge in [-0.2, -0.15) is 15.1 Å². The van der Waals surface area contributed by atoms with Gasteiger partial charge in [-0.15, -0.1) is 0 Å². The molecule has 10 heteroatoms. The van der Waals surface area contributed by atoms with Crippen molar-refractivity contribution in [1.29, 1.82) is 0 Å². The standard InChI is InChI=1S/C23H28N8O2/c1-2-20(32)25-17-4-3-9-31(15-17)22-19-14-24-29-21(19)27-23(28-22)26-16-5-7-18(8-6-16)30-10-12-33-13-11-30/h2,5-8,14,17H,1,3-4,9-13,15H2,(H,25,32)(H2,24,26,27,28,29)/t17-/m1/s1. The van der Waals surface area contributed by atoms with E-state index in [1.807, 2.05) is 12.1 Å². The molecule has 1 atom stereocenters. The predicted molar refractivity (Wildman–Crippen MR) is 128 cm³/mol. The third-order valence-electron chi connectivity index (χ3n) is 6.04. The van der Waals surface area contributed by atoms with Crippen LogP contribution in [0.15, 0.2) is 43.1 Å². The van der Waals surface area contributed by atoms with Crippen LogP contribution in [0.4, 0.5) is 23.1 Å². The first-order chi connectivity index (χ1) is 16.2. The van der Waals surface area contributed by atoms with Crippen molar-refractivity contribution in [2.24, 2.45) is 0 Å². The SMILES string of the molecule is C=CC(=O)N[C@@H]1CCCN(c2nc(Nc3ccc(N4CCOCC4)cc3)nc3[nH]ncc23)C1. The number of aromatic nitrogens is 4. The average molecular weight is 449 g/mol. The molecule has 4 heterocycles. The lowest BCUT2D eigenvalue weighted by atomic mass is 10.1. The van der Waals surface area contributed by atoms with Crippen LogP contribution in [0, 0.1) is 0 Å². The second-order valence-electron chi connectivity index (χ2n) is 8.27. The molecule has 0 saturated carbocycles. The number of anilines is 4. The number of hydrogen-bond acceptors (Lipinski definition) is 8. The zero-order valence-electron chi connectivity index (χ0n) is 18.5. The first-order valence-corrected chi connectivity index (χ1v) is 11.3. The molecule has 2 aromatic heterocycles. The Kier molecular flexibility index (Phi) is 6.07. The van der Waals surface area contributed by atoms with E-state index >= 15 is 0 Å². The maximum absolute atomic E-state index is 11.8. The number of nitrogens with one attached hydrogen (secondary N) is 3. The van der Waals surface area contributed by atoms with E-state index in [9.17, 15) is 4.79 Å². The highest BCUT2D eigenvalue weighted by molar-refractivity contribution is 5.89. The van der Waals surface area contributed by atoms with Crippen molar-refractivity contribution < 1.29 is 9.53 Å². The van der Waals surface area contributed by atoms with Gasteiger partial charge in [0.05, 0.1) is 24.8 Å². The molecule has 3 aromatic rings. The molecule has 5 rings (SSSR count). The Labute approximate surface area is 192 Å². The van der Waals surface area contributed by atoms with Gasteiger partial charge in [-0.05, 0) is 43.2 Å². The van der Waals surface area contributed by atoms with Gasteiger partial charge in [0.2, 0.25) is 11.9 Å². The fourth-order valence-corrected chi connectivity index (χ4v) is 4.37. The summed E-state index contributed by atoms with van der Waals surface area (Å²) in [6.07, 6.45) is 4.94. The zero-order chi connectivity index (χ0) is 22.6. The number of aromatic amines is 1. The largest absolute Gasteiger partial charge is 0.378 e. The summed E-state index contributed by atoms with van der Waals surface area (Å²) in [5.41, 5.74) is 2.76. The summed E-state index contributed by atoms with van der Waals surface area (Å²) in [6.45, 7) is 8.39. The minimum atomic E-state index is -0.152. The molecule has 2 saturated heterocycles. The van der Waals surface area contributed by atoms with Gasteiger partial charge >= 0.3 is 0 Å². The first-order valence-electron chi connectivity index (χ1n) is 11.3. The molecule has 0 unspecified atom stereocenters. The van der Waals surface area contributed by atoms with E-state index in [4.69, 9.17) is 9.72 Å². The first kappa shape index (κ1) is 21.2. The number of piperidine rings is 1. The minimum Gasteiger partial charge on any atom is -0.378 e. The molecule has 1 amide bonds. The Morgan fingerprint density at radius 1 is 1.15 bits per heavy atom. The number of carbonyl (C=O) groups excluding carboxylic acids is 1. The molecule has 2 aliphatic rings. The summed E-state index contributed by atoms with van der Waals surface area (Å²) < 4.78 is 5.44. The van der Waals surface area contributed by atoms with Gasteiger partial charge in [-0.1, -0.05) is 6.58 Å². The van der Waals surface area contributed by atoms with E-state index in [0.29, 0.717) is 18.1 Å². The van der Waals surface area contributed by atoms with Gasteiger partial charge in [-0.3, -0.25) is 9.89 Å². The van der Waals surface area contributed by atoms with Crippen LogP contribution in [0.5, 0.6) is 0 Å². The van der Waals surface area contributed by atoms with E-state index in [1.165, 1.54) is 11.8 Å². The van der Waals surface area contributed by atoms with E-state index in [2.05, 4.69) is 54.3 Å². The molecule has 0 radical (unpaired) electrons. The number of H-pyrrole nitrogens is 1. The Morgan fingerprint density at radius 2 is 1.97 bits per heavy atom. The molecule has 2 aliphatic heterocycles. The predicted octanol–water partition coefficient (Wildman–Crippen LogP) is 2.20. The normalized spacial score (nSPS) is 18.8. The highest BCUT2D eigenvalue weighted by atomic mass is 16.5. The van der Waals surface area contributed by atoms with Crippen LogP contribution >= 0.6 is 0 Å². The molecule has 0 spiro atoms. The molecule has 10 nitrogen and oxygen atoms in total. The Balaban J connectivity index is 1.35. The van der Waals surface area contributed by atoms with Crippen molar-refractivity contribution in [3.63, 3.8) is 0 Å². The number of rotatable bonds is 6. The molecule has 3 N–H and O–H groups in total. The number of ether oxygens (including phenoxy) is 1. The van der Waals surface area contributed by atoms with Gasteiger partial charge in [0, 0.05) is 43.6 Å². The number of hydrogen-bond donors (Lipinski definition) is 3. The summed E-state index contributed by atoms with van der Waals surface area (Å²) >= 11 is 0. The summed E-state index contributed by atoms with van der Waals surface area (Å²) in [7, 11) is 0. The quantitative estimate of drug-likeness (QED) is 0.492. The summed E-state index contributed by atoms with van der Waals surface area (Å²) in [4.78, 5) is 25.7. The highest BCUT2D eigenvalue weighted by Crippen LogP contribution is 2.28. The van der Waals surface area contributed by atoms with Crippen molar-refractivity contribution in [3.05, 3.63) is 43.1 Å². The second-order valence-corrected chi connectivity index (χ2v) is 8.27. The Bertz CT molecular complexity index is 1120. The molecule has 33 heavy (non-hydrogen) atoms. The number of fused-ring (bicyclic) bond motifs is 1. The minimum absolute atomic E-state index is 0.0466. The molecule has 0 aliphatic carbocycles. The number of nitrogens with zero attached hydrogens (tertiary/aromatic N) is 5. The third-order valence-corrected chi connectivity index (χ3v) is 6.04. The van der Waals surface area contributed by atoms with Gasteiger partial charge in [0.15, 0.2) is 5.65 Å². The van der Waals surface area contributed by atoms with E-state index in [0.717, 1.165) is 62.6 Å². The number of benzene rings is 1.